The van der Waals surface area contributed by atoms with Gasteiger partial charge >= 0.3 is 0 Å². The Balaban J connectivity index is 2.48. The number of carbonyl (C=O) groups excluding carboxylic acids is 1. The van der Waals surface area contributed by atoms with Crippen molar-refractivity contribution in [3.8, 4) is 5.69 Å². The first-order valence-electron chi connectivity index (χ1n) is 4.24. The topological polar surface area (TPSA) is 47.8 Å². The third-order valence-electron chi connectivity index (χ3n) is 2.07. The molecule has 0 N–H and O–H groups in total. The highest BCUT2D eigenvalue weighted by Gasteiger charge is 2.00. The zero-order chi connectivity index (χ0) is 9.97. The van der Waals surface area contributed by atoms with E-state index in [4.69, 9.17) is 0 Å². The van der Waals surface area contributed by atoms with E-state index in [-0.39, 0.29) is 0 Å². The van der Waals surface area contributed by atoms with E-state index in [1.165, 1.54) is 0 Å². The Bertz CT molecular complexity index is 448. The van der Waals surface area contributed by atoms with E-state index in [1.807, 2.05) is 19.1 Å². The molecule has 1 aromatic heterocycles. The van der Waals surface area contributed by atoms with Gasteiger partial charge in [0.05, 0.1) is 18.1 Å². The molecular weight excluding hydrogens is 178 g/mol. The van der Waals surface area contributed by atoms with E-state index in [0.717, 1.165) is 17.5 Å². The smallest absolute Gasteiger partial charge is 0.150 e. The summed E-state index contributed by atoms with van der Waals surface area (Å²) in [6, 6.07) is 5.52. The molecule has 2 rings (SSSR count). The summed E-state index contributed by atoms with van der Waals surface area (Å²) in [6.07, 6.45) is 4.22. The fourth-order valence-electron chi connectivity index (χ4n) is 1.28. The molecule has 0 aliphatic carbocycles. The Morgan fingerprint density at radius 3 is 2.86 bits per heavy atom. The van der Waals surface area contributed by atoms with Crippen molar-refractivity contribution in [3.63, 3.8) is 0 Å². The van der Waals surface area contributed by atoms with Crippen molar-refractivity contribution >= 4 is 6.29 Å². The molecule has 1 aromatic carbocycles. The van der Waals surface area contributed by atoms with E-state index in [9.17, 15) is 4.79 Å². The number of rotatable bonds is 2. The maximum atomic E-state index is 10.6. The minimum Gasteiger partial charge on any atom is -0.298 e. The molecule has 0 amide bonds. The van der Waals surface area contributed by atoms with Gasteiger partial charge < -0.3 is 0 Å². The van der Waals surface area contributed by atoms with Crippen LogP contribution in [0.25, 0.3) is 5.69 Å². The van der Waals surface area contributed by atoms with Crippen LogP contribution in [0.1, 0.15) is 15.9 Å². The molecule has 0 radical (unpaired) electrons. The van der Waals surface area contributed by atoms with Gasteiger partial charge in [-0.15, -0.1) is 5.10 Å². The van der Waals surface area contributed by atoms with Crippen LogP contribution in [0, 0.1) is 6.92 Å². The number of nitrogens with zero attached hydrogens (tertiary/aromatic N) is 3. The number of hydrogen-bond donors (Lipinski definition) is 0. The number of aldehydes is 1. The molecule has 14 heavy (non-hydrogen) atoms. The minimum absolute atomic E-state index is 0.703. The van der Waals surface area contributed by atoms with Crippen molar-refractivity contribution in [2.75, 3.05) is 0 Å². The summed E-state index contributed by atoms with van der Waals surface area (Å²) < 4.78 is 1.65. The van der Waals surface area contributed by atoms with Gasteiger partial charge in [0.25, 0.3) is 0 Å². The summed E-state index contributed by atoms with van der Waals surface area (Å²) in [5.74, 6) is 0. The van der Waals surface area contributed by atoms with Crippen LogP contribution in [0.3, 0.4) is 0 Å². The van der Waals surface area contributed by atoms with E-state index < -0.39 is 0 Å². The molecule has 4 nitrogen and oxygen atoms in total. The summed E-state index contributed by atoms with van der Waals surface area (Å²) in [5, 5.41) is 7.58. The van der Waals surface area contributed by atoms with Gasteiger partial charge in [0.1, 0.15) is 6.29 Å². The van der Waals surface area contributed by atoms with Crippen molar-refractivity contribution in [2.24, 2.45) is 0 Å². The van der Waals surface area contributed by atoms with Crippen LogP contribution in [-0.2, 0) is 0 Å². The van der Waals surface area contributed by atoms with Crippen LogP contribution in [0.2, 0.25) is 0 Å². The second kappa shape index (κ2) is 3.41. The lowest BCUT2D eigenvalue weighted by Crippen LogP contribution is -1.97. The summed E-state index contributed by atoms with van der Waals surface area (Å²) in [5.41, 5.74) is 2.55. The fourth-order valence-corrected chi connectivity index (χ4v) is 1.28. The molecule has 0 atom stereocenters. The lowest BCUT2D eigenvalue weighted by atomic mass is 10.1. The van der Waals surface area contributed by atoms with Crippen molar-refractivity contribution in [1.82, 2.24) is 15.0 Å². The maximum absolute atomic E-state index is 10.6. The average molecular weight is 187 g/mol. The maximum Gasteiger partial charge on any atom is 0.150 e. The SMILES string of the molecule is Cc1cc(-n2ccnn2)ccc1C=O. The van der Waals surface area contributed by atoms with Crippen LogP contribution in [-0.4, -0.2) is 21.3 Å². The number of aromatic nitrogens is 3. The zero-order valence-electron chi connectivity index (χ0n) is 7.71. The number of hydrogen-bond acceptors (Lipinski definition) is 3. The second-order valence-corrected chi connectivity index (χ2v) is 3.01. The second-order valence-electron chi connectivity index (χ2n) is 3.01. The Hall–Kier alpha value is -1.97. The van der Waals surface area contributed by atoms with E-state index in [2.05, 4.69) is 10.3 Å². The quantitative estimate of drug-likeness (QED) is 0.667. The van der Waals surface area contributed by atoms with Gasteiger partial charge in [-0.1, -0.05) is 5.21 Å². The van der Waals surface area contributed by atoms with E-state index in [1.54, 1.807) is 23.1 Å². The number of benzene rings is 1. The predicted octanol–water partition coefficient (Wildman–Crippen LogP) is 1.39. The highest BCUT2D eigenvalue weighted by Crippen LogP contribution is 2.11. The van der Waals surface area contributed by atoms with Crippen molar-refractivity contribution in [3.05, 3.63) is 41.7 Å². The fraction of sp³-hybridized carbons (Fsp3) is 0.100. The highest BCUT2D eigenvalue weighted by atomic mass is 16.1. The third-order valence-corrected chi connectivity index (χ3v) is 2.07. The molecule has 4 heteroatoms. The first-order valence-corrected chi connectivity index (χ1v) is 4.24. The van der Waals surface area contributed by atoms with Crippen molar-refractivity contribution < 1.29 is 4.79 Å². The highest BCUT2D eigenvalue weighted by molar-refractivity contribution is 5.77. The number of carbonyl (C=O) groups is 1. The van der Waals surface area contributed by atoms with E-state index in [0.29, 0.717) is 5.56 Å². The van der Waals surface area contributed by atoms with Gasteiger partial charge in [-0.05, 0) is 30.7 Å². The van der Waals surface area contributed by atoms with Crippen molar-refractivity contribution in [2.45, 2.75) is 6.92 Å². The minimum atomic E-state index is 0.703. The standard InChI is InChI=1S/C10H9N3O/c1-8-6-10(3-2-9(8)7-14)13-5-4-11-12-13/h2-7H,1H3. The first-order chi connectivity index (χ1) is 6.81. The van der Waals surface area contributed by atoms with Gasteiger partial charge in [0.2, 0.25) is 0 Å². The molecule has 0 unspecified atom stereocenters. The number of aryl methyl sites for hydroxylation is 1. The van der Waals surface area contributed by atoms with Crippen LogP contribution < -0.4 is 0 Å². The van der Waals surface area contributed by atoms with Crippen LogP contribution in [0.4, 0.5) is 0 Å². The molecule has 0 aliphatic heterocycles. The normalized spacial score (nSPS) is 10.1. The van der Waals surface area contributed by atoms with Gasteiger partial charge in [-0.2, -0.15) is 0 Å². The van der Waals surface area contributed by atoms with Crippen LogP contribution >= 0.6 is 0 Å². The summed E-state index contributed by atoms with van der Waals surface area (Å²) in [4.78, 5) is 10.6. The van der Waals surface area contributed by atoms with Crippen LogP contribution in [0.15, 0.2) is 30.6 Å². The van der Waals surface area contributed by atoms with Gasteiger partial charge in [-0.3, -0.25) is 4.79 Å². The van der Waals surface area contributed by atoms with Gasteiger partial charge in [0.15, 0.2) is 0 Å². The molecule has 0 fully saturated rings. The van der Waals surface area contributed by atoms with Crippen molar-refractivity contribution in [1.29, 1.82) is 0 Å². The van der Waals surface area contributed by atoms with Crippen LogP contribution in [0.5, 0.6) is 0 Å². The molecule has 0 bridgehead atoms. The summed E-state index contributed by atoms with van der Waals surface area (Å²) in [7, 11) is 0. The molecule has 70 valence electrons. The molecule has 0 saturated carbocycles. The summed E-state index contributed by atoms with van der Waals surface area (Å²) in [6.45, 7) is 1.89. The zero-order valence-corrected chi connectivity index (χ0v) is 7.71. The lowest BCUT2D eigenvalue weighted by molar-refractivity contribution is 0.112. The Morgan fingerprint density at radius 1 is 1.43 bits per heavy atom. The molecule has 0 aliphatic rings. The largest absolute Gasteiger partial charge is 0.298 e. The van der Waals surface area contributed by atoms with E-state index >= 15 is 0 Å². The molecular formula is C10H9N3O. The lowest BCUT2D eigenvalue weighted by Gasteiger charge is -2.02. The van der Waals surface area contributed by atoms with Gasteiger partial charge in [0, 0.05) is 5.56 Å². The summed E-state index contributed by atoms with van der Waals surface area (Å²) >= 11 is 0. The molecule has 1 heterocycles. The predicted molar refractivity (Wildman–Crippen MR) is 51.5 cm³/mol. The Labute approximate surface area is 81.2 Å². The first kappa shape index (κ1) is 8.62. The monoisotopic (exact) mass is 187 g/mol. The van der Waals surface area contributed by atoms with Gasteiger partial charge in [-0.25, -0.2) is 4.68 Å². The Morgan fingerprint density at radius 2 is 2.29 bits per heavy atom. The molecule has 0 saturated heterocycles. The third kappa shape index (κ3) is 1.42. The molecule has 2 aromatic rings. The Kier molecular flexibility index (Phi) is 2.10. The average Bonchev–Trinajstić information content (AvgIpc) is 2.70. The molecule has 0 spiro atoms.